The van der Waals surface area contributed by atoms with E-state index >= 15 is 0 Å². The van der Waals surface area contributed by atoms with Gasteiger partial charge in [0, 0.05) is 31.7 Å². The first kappa shape index (κ1) is 27.3. The first-order valence-electron chi connectivity index (χ1n) is 12.5. The van der Waals surface area contributed by atoms with Crippen molar-refractivity contribution in [2.75, 3.05) is 39.9 Å². The van der Waals surface area contributed by atoms with Gasteiger partial charge in [0.2, 0.25) is 10.0 Å². The summed E-state index contributed by atoms with van der Waals surface area (Å²) in [6, 6.07) is 15.8. The predicted octanol–water partition coefficient (Wildman–Crippen LogP) is 1.88. The summed E-state index contributed by atoms with van der Waals surface area (Å²) in [7, 11) is -2.22. The number of aliphatic hydroxyl groups is 1. The van der Waals surface area contributed by atoms with Crippen molar-refractivity contribution in [3.05, 3.63) is 60.2 Å². The Bertz CT molecular complexity index is 1140. The van der Waals surface area contributed by atoms with Crippen LogP contribution in [0.25, 0.3) is 0 Å². The van der Waals surface area contributed by atoms with E-state index in [0.717, 1.165) is 24.8 Å². The molecule has 0 aliphatic carbocycles. The molecule has 2 fully saturated rings. The van der Waals surface area contributed by atoms with Crippen molar-refractivity contribution in [1.29, 1.82) is 0 Å². The van der Waals surface area contributed by atoms with Gasteiger partial charge in [0.25, 0.3) is 0 Å². The van der Waals surface area contributed by atoms with Gasteiger partial charge in [-0.05, 0) is 44.0 Å². The minimum atomic E-state index is -3.56. The lowest BCUT2D eigenvalue weighted by atomic mass is 9.87. The molecule has 0 saturated carbocycles. The van der Waals surface area contributed by atoms with E-state index in [1.54, 1.807) is 17.0 Å². The first-order chi connectivity index (χ1) is 17.8. The zero-order valence-electron chi connectivity index (χ0n) is 21.0. The van der Waals surface area contributed by atoms with E-state index in [-0.39, 0.29) is 35.8 Å². The van der Waals surface area contributed by atoms with Gasteiger partial charge in [-0.1, -0.05) is 36.4 Å². The Kier molecular flexibility index (Phi) is 9.04. The average Bonchev–Trinajstić information content (AvgIpc) is 3.32. The number of hydrogen-bond donors (Lipinski definition) is 3. The van der Waals surface area contributed by atoms with Gasteiger partial charge in [0.15, 0.2) is 0 Å². The maximum Gasteiger partial charge on any atom is 0.410 e. The Hall–Kier alpha value is -2.70. The van der Waals surface area contributed by atoms with Crippen LogP contribution in [0.3, 0.4) is 0 Å². The third kappa shape index (κ3) is 7.42. The molecule has 0 aromatic heterocycles. The lowest BCUT2D eigenvalue weighted by Crippen LogP contribution is -2.47. The molecule has 4 rings (SSSR count). The molecule has 0 bridgehead atoms. The van der Waals surface area contributed by atoms with Crippen molar-refractivity contribution < 1.29 is 32.5 Å². The van der Waals surface area contributed by atoms with Crippen LogP contribution in [0, 0.1) is 0 Å². The highest BCUT2D eigenvalue weighted by Gasteiger charge is 2.43. The number of carbonyl (C=O) groups is 1. The van der Waals surface area contributed by atoms with E-state index in [1.165, 1.54) is 19.2 Å². The topological polar surface area (TPSA) is 126 Å². The smallest absolute Gasteiger partial charge is 0.410 e. The molecule has 2 atom stereocenters. The second-order valence-electron chi connectivity index (χ2n) is 9.48. The van der Waals surface area contributed by atoms with E-state index in [0.29, 0.717) is 32.0 Å². The minimum absolute atomic E-state index is 0.0226. The van der Waals surface area contributed by atoms with E-state index in [1.807, 2.05) is 30.3 Å². The number of aliphatic hydroxyl groups excluding tert-OH is 1. The van der Waals surface area contributed by atoms with Crippen molar-refractivity contribution >= 4 is 16.1 Å². The zero-order chi connectivity index (χ0) is 26.3. The van der Waals surface area contributed by atoms with Gasteiger partial charge >= 0.3 is 6.09 Å². The molecular weight excluding hydrogens is 498 g/mol. The number of amides is 1. The number of nitrogens with zero attached hydrogens (tertiary/aromatic N) is 1. The van der Waals surface area contributed by atoms with E-state index in [2.05, 4.69) is 10.0 Å². The third-order valence-corrected chi connectivity index (χ3v) is 8.23. The fourth-order valence-corrected chi connectivity index (χ4v) is 5.40. The van der Waals surface area contributed by atoms with Crippen molar-refractivity contribution in [2.24, 2.45) is 0 Å². The summed E-state index contributed by atoms with van der Waals surface area (Å²) in [5.41, 5.74) is 0.689. The molecule has 2 heterocycles. The number of hydrogen-bond acceptors (Lipinski definition) is 8. The summed E-state index contributed by atoms with van der Waals surface area (Å²) in [4.78, 5) is 14.3. The monoisotopic (exact) mass is 533 g/mol. The van der Waals surface area contributed by atoms with Gasteiger partial charge in [-0.2, -0.15) is 0 Å². The highest BCUT2D eigenvalue weighted by atomic mass is 32.2. The molecule has 11 heteroatoms. The zero-order valence-corrected chi connectivity index (χ0v) is 21.8. The summed E-state index contributed by atoms with van der Waals surface area (Å²) in [5, 5.41) is 13.7. The second kappa shape index (κ2) is 12.2. The fourth-order valence-electron chi connectivity index (χ4n) is 4.63. The fraction of sp³-hybridized carbons (Fsp3) is 0.500. The normalized spacial score (nSPS) is 20.1. The molecule has 2 saturated heterocycles. The number of sulfonamides is 1. The van der Waals surface area contributed by atoms with Gasteiger partial charge in [0.05, 0.1) is 17.1 Å². The van der Waals surface area contributed by atoms with Crippen LogP contribution in [0.2, 0.25) is 0 Å². The van der Waals surface area contributed by atoms with Gasteiger partial charge in [0.1, 0.15) is 25.1 Å². The van der Waals surface area contributed by atoms with Crippen molar-refractivity contribution in [2.45, 2.75) is 48.5 Å². The number of likely N-dealkylation sites (tertiary alicyclic amines) is 1. The Balaban J connectivity index is 1.16. The van der Waals surface area contributed by atoms with Crippen LogP contribution < -0.4 is 14.8 Å². The lowest BCUT2D eigenvalue weighted by Gasteiger charge is -2.38. The van der Waals surface area contributed by atoms with Crippen LogP contribution in [-0.4, -0.2) is 82.2 Å². The van der Waals surface area contributed by atoms with Gasteiger partial charge < -0.3 is 29.5 Å². The maximum atomic E-state index is 12.4. The molecule has 2 aliphatic heterocycles. The minimum Gasteiger partial charge on any atom is -0.491 e. The van der Waals surface area contributed by atoms with Gasteiger partial charge in [-0.3, -0.25) is 0 Å². The number of ether oxygens (including phenoxy) is 3. The molecule has 2 aliphatic rings. The Morgan fingerprint density at radius 1 is 1.19 bits per heavy atom. The van der Waals surface area contributed by atoms with Crippen LogP contribution in [0.5, 0.6) is 5.75 Å². The SMILES string of the molecule is CNS(=O)(=O)c1cccc(OCC(O)CNC2COC3(CCN(C(=O)OCc4ccccc4)CC3)C2)c1. The van der Waals surface area contributed by atoms with Crippen LogP contribution >= 0.6 is 0 Å². The predicted molar refractivity (Wildman–Crippen MR) is 137 cm³/mol. The molecule has 1 spiro atoms. The van der Waals surface area contributed by atoms with Crippen molar-refractivity contribution in [3.8, 4) is 5.75 Å². The Labute approximate surface area is 218 Å². The Morgan fingerprint density at radius 3 is 2.68 bits per heavy atom. The number of piperidine rings is 1. The van der Waals surface area contributed by atoms with Crippen molar-refractivity contribution in [1.82, 2.24) is 14.9 Å². The van der Waals surface area contributed by atoms with Crippen LogP contribution in [0.15, 0.2) is 59.5 Å². The molecular formula is C26H35N3O7S. The molecule has 2 aromatic rings. The highest BCUT2D eigenvalue weighted by Crippen LogP contribution is 2.36. The summed E-state index contributed by atoms with van der Waals surface area (Å²) < 4.78 is 43.3. The molecule has 1 amide bonds. The van der Waals surface area contributed by atoms with E-state index < -0.39 is 16.1 Å². The highest BCUT2D eigenvalue weighted by molar-refractivity contribution is 7.89. The molecule has 202 valence electrons. The largest absolute Gasteiger partial charge is 0.491 e. The summed E-state index contributed by atoms with van der Waals surface area (Å²) in [6.07, 6.45) is 1.20. The van der Waals surface area contributed by atoms with Crippen LogP contribution in [0.4, 0.5) is 4.79 Å². The number of rotatable bonds is 10. The quantitative estimate of drug-likeness (QED) is 0.423. The maximum absolute atomic E-state index is 12.4. The van der Waals surface area contributed by atoms with Gasteiger partial charge in [-0.15, -0.1) is 0 Å². The van der Waals surface area contributed by atoms with E-state index in [4.69, 9.17) is 14.2 Å². The standard InChI is InChI=1S/C26H35N3O7S/c1-27-37(32,33)24-9-5-8-23(14-24)34-19-22(30)16-28-21-15-26(36-18-21)10-12-29(13-11-26)25(31)35-17-20-6-3-2-4-7-20/h2-9,14,21-22,27-28,30H,10-13,15-19H2,1H3. The second-order valence-corrected chi connectivity index (χ2v) is 11.4. The summed E-state index contributed by atoms with van der Waals surface area (Å²) in [6.45, 7) is 2.30. The number of carbonyl (C=O) groups excluding carboxylic acids is 1. The molecule has 3 N–H and O–H groups in total. The van der Waals surface area contributed by atoms with Crippen LogP contribution in [-0.2, 0) is 26.1 Å². The first-order valence-corrected chi connectivity index (χ1v) is 13.9. The molecule has 37 heavy (non-hydrogen) atoms. The molecule has 2 aromatic carbocycles. The average molecular weight is 534 g/mol. The lowest BCUT2D eigenvalue weighted by molar-refractivity contribution is -0.0422. The van der Waals surface area contributed by atoms with Crippen LogP contribution in [0.1, 0.15) is 24.8 Å². The number of nitrogens with one attached hydrogen (secondary N) is 2. The number of benzene rings is 2. The molecule has 2 unspecified atom stereocenters. The Morgan fingerprint density at radius 2 is 1.95 bits per heavy atom. The van der Waals surface area contributed by atoms with Gasteiger partial charge in [-0.25, -0.2) is 17.9 Å². The summed E-state index contributed by atoms with van der Waals surface area (Å²) in [5.74, 6) is 0.368. The van der Waals surface area contributed by atoms with E-state index in [9.17, 15) is 18.3 Å². The third-order valence-electron chi connectivity index (χ3n) is 6.82. The molecule has 10 nitrogen and oxygen atoms in total. The van der Waals surface area contributed by atoms with Crippen molar-refractivity contribution in [3.63, 3.8) is 0 Å². The molecule has 0 radical (unpaired) electrons. The summed E-state index contributed by atoms with van der Waals surface area (Å²) >= 11 is 0.